The fraction of sp³-hybridized carbons (Fsp3) is 0.208. The molecule has 29 heavy (non-hydrogen) atoms. The highest BCUT2D eigenvalue weighted by Gasteiger charge is 2.33. The summed E-state index contributed by atoms with van der Waals surface area (Å²) in [5.41, 5.74) is 3.72. The number of carbonyl (C=O) groups excluding carboxylic acids is 1. The molecule has 2 aromatic carbocycles. The van der Waals surface area contributed by atoms with E-state index in [9.17, 15) is 9.18 Å². The number of carbonyl (C=O) groups is 1. The summed E-state index contributed by atoms with van der Waals surface area (Å²) in [6, 6.07) is 17.1. The lowest BCUT2D eigenvalue weighted by Gasteiger charge is -2.15. The van der Waals surface area contributed by atoms with Crippen LogP contribution in [-0.4, -0.2) is 10.8 Å². The van der Waals surface area contributed by atoms with E-state index >= 15 is 0 Å². The van der Waals surface area contributed by atoms with Gasteiger partial charge in [0.1, 0.15) is 5.82 Å². The molecule has 5 heteroatoms. The van der Waals surface area contributed by atoms with Crippen LogP contribution in [-0.2, 0) is 13.0 Å². The van der Waals surface area contributed by atoms with Crippen molar-refractivity contribution in [2.45, 2.75) is 32.9 Å². The van der Waals surface area contributed by atoms with Gasteiger partial charge in [0, 0.05) is 23.7 Å². The maximum atomic E-state index is 13.4. The van der Waals surface area contributed by atoms with Gasteiger partial charge in [-0.1, -0.05) is 55.5 Å². The van der Waals surface area contributed by atoms with Gasteiger partial charge < -0.3 is 5.32 Å². The number of nitrogens with zero attached hydrogens (tertiary/aromatic N) is 1. The van der Waals surface area contributed by atoms with Crippen molar-refractivity contribution >= 4 is 23.0 Å². The minimum Gasteiger partial charge on any atom is -0.370 e. The fourth-order valence-corrected chi connectivity index (χ4v) is 3.42. The van der Waals surface area contributed by atoms with Crippen molar-refractivity contribution in [1.29, 1.82) is 0 Å². The summed E-state index contributed by atoms with van der Waals surface area (Å²) in [4.78, 5) is 13.8. The number of benzene rings is 2. The van der Waals surface area contributed by atoms with Crippen LogP contribution in [0, 0.1) is 12.7 Å². The first-order valence-corrected chi connectivity index (χ1v) is 10.0. The summed E-state index contributed by atoms with van der Waals surface area (Å²) in [5.74, 6) is -0.352. The fourth-order valence-electron chi connectivity index (χ4n) is 3.12. The van der Waals surface area contributed by atoms with Crippen molar-refractivity contribution in [2.75, 3.05) is 0 Å². The molecule has 0 unspecified atom stereocenters. The quantitative estimate of drug-likeness (QED) is 0.355. The molecule has 0 aliphatic rings. The van der Waals surface area contributed by atoms with Crippen LogP contribution < -0.4 is 9.88 Å². The van der Waals surface area contributed by atoms with Gasteiger partial charge >= 0.3 is 0 Å². The first kappa shape index (κ1) is 20.8. The first-order chi connectivity index (χ1) is 14.0. The zero-order chi connectivity index (χ0) is 20.8. The van der Waals surface area contributed by atoms with Gasteiger partial charge in [-0.05, 0) is 42.7 Å². The van der Waals surface area contributed by atoms with E-state index in [-0.39, 0.29) is 11.6 Å². The highest BCUT2D eigenvalue weighted by Crippen LogP contribution is 2.14. The SMILES string of the molecule is CCc1ccc(C(=O)[C@H](C(=S)NCc2ccc(F)cc2)[n+]2cccc(C)c2)cc1. The Morgan fingerprint density at radius 1 is 1.07 bits per heavy atom. The Hall–Kier alpha value is -2.92. The third kappa shape index (κ3) is 5.33. The lowest BCUT2D eigenvalue weighted by Crippen LogP contribution is -2.51. The van der Waals surface area contributed by atoms with Crippen molar-refractivity contribution in [3.05, 3.63) is 101 Å². The molecule has 0 aliphatic heterocycles. The van der Waals surface area contributed by atoms with Crippen LogP contribution in [0.2, 0.25) is 0 Å². The van der Waals surface area contributed by atoms with E-state index in [1.165, 1.54) is 17.7 Å². The van der Waals surface area contributed by atoms with E-state index in [2.05, 4.69) is 12.2 Å². The summed E-state index contributed by atoms with van der Waals surface area (Å²) in [6.45, 7) is 4.48. The average molecular weight is 408 g/mol. The molecular formula is C24H24FN2OS+. The zero-order valence-corrected chi connectivity index (χ0v) is 17.4. The summed E-state index contributed by atoms with van der Waals surface area (Å²) in [6.07, 6.45) is 4.68. The summed E-state index contributed by atoms with van der Waals surface area (Å²) >= 11 is 5.62. The number of ketones is 1. The van der Waals surface area contributed by atoms with E-state index < -0.39 is 6.04 Å². The molecule has 3 nitrogen and oxygen atoms in total. The van der Waals surface area contributed by atoms with Crippen LogP contribution >= 0.6 is 12.2 Å². The van der Waals surface area contributed by atoms with E-state index in [0.717, 1.165) is 17.5 Å². The maximum Gasteiger partial charge on any atom is 0.270 e. The molecule has 148 valence electrons. The van der Waals surface area contributed by atoms with Gasteiger partial charge in [0.05, 0.1) is 0 Å². The van der Waals surface area contributed by atoms with E-state index in [0.29, 0.717) is 17.1 Å². The second kappa shape index (κ2) is 9.52. The largest absolute Gasteiger partial charge is 0.370 e. The van der Waals surface area contributed by atoms with Gasteiger partial charge in [-0.2, -0.15) is 4.57 Å². The number of hydrogen-bond donors (Lipinski definition) is 1. The summed E-state index contributed by atoms with van der Waals surface area (Å²) in [5, 5.41) is 3.18. The van der Waals surface area contributed by atoms with Crippen molar-refractivity contribution in [3.8, 4) is 0 Å². The lowest BCUT2D eigenvalue weighted by molar-refractivity contribution is -0.692. The number of pyridine rings is 1. The predicted octanol–water partition coefficient (Wildman–Crippen LogP) is 4.53. The van der Waals surface area contributed by atoms with Crippen LogP contribution in [0.1, 0.15) is 40.0 Å². The van der Waals surface area contributed by atoms with Crippen molar-refractivity contribution in [3.63, 3.8) is 0 Å². The molecular weight excluding hydrogens is 383 g/mol. The molecule has 3 rings (SSSR count). The summed E-state index contributed by atoms with van der Waals surface area (Å²) in [7, 11) is 0. The Morgan fingerprint density at radius 3 is 2.34 bits per heavy atom. The molecule has 1 heterocycles. The van der Waals surface area contributed by atoms with Gasteiger partial charge in [0.2, 0.25) is 5.78 Å². The molecule has 0 bridgehead atoms. The monoisotopic (exact) mass is 407 g/mol. The summed E-state index contributed by atoms with van der Waals surface area (Å²) < 4.78 is 15.0. The van der Waals surface area contributed by atoms with Crippen molar-refractivity contribution < 1.29 is 13.8 Å². The molecule has 0 saturated carbocycles. The first-order valence-electron chi connectivity index (χ1n) is 9.60. The topological polar surface area (TPSA) is 33.0 Å². The van der Waals surface area contributed by atoms with Gasteiger partial charge in [0.25, 0.3) is 6.04 Å². The highest BCUT2D eigenvalue weighted by molar-refractivity contribution is 7.80. The van der Waals surface area contributed by atoms with Gasteiger partial charge in [-0.15, -0.1) is 0 Å². The number of aryl methyl sites for hydroxylation is 2. The number of rotatable bonds is 7. The van der Waals surface area contributed by atoms with Crippen LogP contribution in [0.3, 0.4) is 0 Å². The Bertz CT molecular complexity index is 1000. The molecule has 0 saturated heterocycles. The zero-order valence-electron chi connectivity index (χ0n) is 16.6. The molecule has 1 atom stereocenters. The second-order valence-corrected chi connectivity index (χ2v) is 7.43. The minimum absolute atomic E-state index is 0.0696. The Labute approximate surface area is 176 Å². The highest BCUT2D eigenvalue weighted by atomic mass is 32.1. The van der Waals surface area contributed by atoms with Crippen LogP contribution in [0.25, 0.3) is 0 Å². The number of halogens is 1. The van der Waals surface area contributed by atoms with Crippen LogP contribution in [0.4, 0.5) is 4.39 Å². The molecule has 1 N–H and O–H groups in total. The number of thiocarbonyl (C=S) groups is 1. The maximum absolute atomic E-state index is 13.4. The van der Waals surface area contributed by atoms with Crippen LogP contribution in [0.15, 0.2) is 73.1 Å². The molecule has 0 aliphatic carbocycles. The van der Waals surface area contributed by atoms with E-state index in [4.69, 9.17) is 12.2 Å². The molecule has 0 spiro atoms. The van der Waals surface area contributed by atoms with Gasteiger partial charge in [-0.3, -0.25) is 4.79 Å². The average Bonchev–Trinajstić information content (AvgIpc) is 2.73. The van der Waals surface area contributed by atoms with E-state index in [1.807, 2.05) is 60.3 Å². The molecule has 0 amide bonds. The normalized spacial score (nSPS) is 11.7. The number of Topliss-reactive ketones (excluding diaryl/α,β-unsaturated/α-hetero) is 1. The van der Waals surface area contributed by atoms with Crippen LogP contribution in [0.5, 0.6) is 0 Å². The Balaban J connectivity index is 1.86. The molecule has 0 radical (unpaired) electrons. The van der Waals surface area contributed by atoms with Crippen molar-refractivity contribution in [1.82, 2.24) is 5.32 Å². The number of nitrogens with one attached hydrogen (secondary N) is 1. The van der Waals surface area contributed by atoms with Crippen molar-refractivity contribution in [2.24, 2.45) is 0 Å². The molecule has 1 aromatic heterocycles. The Kier molecular flexibility index (Phi) is 6.83. The Morgan fingerprint density at radius 2 is 1.72 bits per heavy atom. The molecule has 0 fully saturated rings. The second-order valence-electron chi connectivity index (χ2n) is 6.99. The predicted molar refractivity (Wildman–Crippen MR) is 116 cm³/mol. The van der Waals surface area contributed by atoms with Gasteiger partial charge in [0.15, 0.2) is 17.4 Å². The van der Waals surface area contributed by atoms with Gasteiger partial charge in [-0.25, -0.2) is 4.39 Å². The third-order valence-electron chi connectivity index (χ3n) is 4.79. The third-order valence-corrected chi connectivity index (χ3v) is 5.16. The smallest absolute Gasteiger partial charge is 0.270 e. The minimum atomic E-state index is -0.655. The lowest BCUT2D eigenvalue weighted by atomic mass is 10.0. The number of aromatic nitrogens is 1. The molecule has 3 aromatic rings. The number of hydrogen-bond acceptors (Lipinski definition) is 2. The standard InChI is InChI=1S/C24H23FN2OS/c1-3-18-6-10-20(11-7-18)23(28)22(27-14-4-5-17(2)16-27)24(29)26-15-19-8-12-21(25)13-9-19/h4-14,16,22H,3,15H2,1-2H3/p+1/t22-/m1/s1. The van der Waals surface area contributed by atoms with E-state index in [1.54, 1.807) is 12.1 Å².